The number of Topliss-reactive ketones (excluding diaryl/α,β-unsaturated/α-hetero) is 1. The summed E-state index contributed by atoms with van der Waals surface area (Å²) in [4.78, 5) is 13.2. The van der Waals surface area contributed by atoms with Gasteiger partial charge in [-0.25, -0.2) is 0 Å². The van der Waals surface area contributed by atoms with Crippen LogP contribution >= 0.6 is 0 Å². The van der Waals surface area contributed by atoms with Gasteiger partial charge in [0.1, 0.15) is 5.78 Å². The lowest BCUT2D eigenvalue weighted by Crippen LogP contribution is -2.57. The molecule has 4 saturated carbocycles. The predicted octanol–water partition coefficient (Wildman–Crippen LogP) is 6.65. The molecule has 0 spiro atoms. The van der Waals surface area contributed by atoms with Crippen molar-refractivity contribution >= 4 is 5.78 Å². The van der Waals surface area contributed by atoms with Crippen molar-refractivity contribution in [1.29, 1.82) is 0 Å². The summed E-state index contributed by atoms with van der Waals surface area (Å²) in [6.45, 7) is 12.2. The van der Waals surface area contributed by atoms with E-state index in [2.05, 4.69) is 34.6 Å². The molecule has 0 radical (unpaired) electrons. The quantitative estimate of drug-likeness (QED) is 0.559. The Labute approximate surface area is 179 Å². The van der Waals surface area contributed by atoms with Gasteiger partial charge in [0, 0.05) is 12.3 Å². The molecule has 1 N–H and O–H groups in total. The smallest absolute Gasteiger partial charge is 0.136 e. The summed E-state index contributed by atoms with van der Waals surface area (Å²) in [6.07, 6.45) is 12.8. The van der Waals surface area contributed by atoms with Crippen molar-refractivity contribution in [3.8, 4) is 0 Å². The minimum Gasteiger partial charge on any atom is -0.393 e. The normalized spacial score (nSPS) is 48.2. The van der Waals surface area contributed by atoms with Crippen LogP contribution in [-0.4, -0.2) is 17.0 Å². The first-order valence-electron chi connectivity index (χ1n) is 12.9. The molecule has 0 saturated heterocycles. The van der Waals surface area contributed by atoms with Crippen molar-refractivity contribution in [2.75, 3.05) is 0 Å². The van der Waals surface area contributed by atoms with Gasteiger partial charge in [-0.05, 0) is 91.3 Å². The number of hydrogen-bond donors (Lipinski definition) is 1. The molecule has 166 valence electrons. The molecule has 0 amide bonds. The fraction of sp³-hybridized carbons (Fsp3) is 0.963. The Hall–Kier alpha value is -0.370. The molecule has 4 rings (SSSR count). The third-order valence-electron chi connectivity index (χ3n) is 10.6. The van der Waals surface area contributed by atoms with Gasteiger partial charge in [0.15, 0.2) is 0 Å². The maximum absolute atomic E-state index is 13.2. The van der Waals surface area contributed by atoms with E-state index in [0.717, 1.165) is 49.4 Å². The number of hydrogen-bond acceptors (Lipinski definition) is 2. The van der Waals surface area contributed by atoms with Gasteiger partial charge in [0.2, 0.25) is 0 Å². The Balaban J connectivity index is 1.50. The lowest BCUT2D eigenvalue weighted by Gasteiger charge is -2.60. The molecule has 2 heteroatoms. The van der Waals surface area contributed by atoms with Crippen molar-refractivity contribution in [2.24, 2.45) is 52.3 Å². The van der Waals surface area contributed by atoms with Crippen LogP contribution in [0.15, 0.2) is 0 Å². The lowest BCUT2D eigenvalue weighted by atomic mass is 9.44. The topological polar surface area (TPSA) is 37.3 Å². The van der Waals surface area contributed by atoms with E-state index >= 15 is 0 Å². The second-order valence-electron chi connectivity index (χ2n) is 12.6. The fourth-order valence-electron chi connectivity index (χ4n) is 9.04. The average molecular weight is 403 g/mol. The van der Waals surface area contributed by atoms with Crippen LogP contribution in [0.4, 0.5) is 0 Å². The highest BCUT2D eigenvalue weighted by molar-refractivity contribution is 5.83. The van der Waals surface area contributed by atoms with Crippen molar-refractivity contribution < 1.29 is 9.90 Å². The van der Waals surface area contributed by atoms with Crippen LogP contribution in [0.25, 0.3) is 0 Å². The van der Waals surface area contributed by atoms with Crippen LogP contribution in [0.1, 0.15) is 105 Å². The summed E-state index contributed by atoms with van der Waals surface area (Å²) in [7, 11) is 0. The van der Waals surface area contributed by atoms with Crippen molar-refractivity contribution in [1.82, 2.24) is 0 Å². The van der Waals surface area contributed by atoms with Gasteiger partial charge >= 0.3 is 0 Å². The van der Waals surface area contributed by atoms with E-state index in [1.54, 1.807) is 0 Å². The molecule has 2 nitrogen and oxygen atoms in total. The first-order valence-corrected chi connectivity index (χ1v) is 12.9. The van der Waals surface area contributed by atoms with E-state index in [1.807, 2.05) is 0 Å². The Morgan fingerprint density at radius 3 is 2.38 bits per heavy atom. The van der Waals surface area contributed by atoms with Crippen molar-refractivity contribution in [3.63, 3.8) is 0 Å². The minimum atomic E-state index is -0.245. The summed E-state index contributed by atoms with van der Waals surface area (Å²) in [5.74, 6) is 5.21. The molecule has 4 aliphatic carbocycles. The minimum absolute atomic E-state index is 0.129. The fourth-order valence-corrected chi connectivity index (χ4v) is 9.04. The summed E-state index contributed by atoms with van der Waals surface area (Å²) in [5.41, 5.74) is 0.609. The molecule has 9 atom stereocenters. The van der Waals surface area contributed by atoms with Crippen LogP contribution in [0.2, 0.25) is 0 Å². The first kappa shape index (κ1) is 21.8. The third kappa shape index (κ3) is 3.64. The zero-order chi connectivity index (χ0) is 21.0. The van der Waals surface area contributed by atoms with Crippen LogP contribution in [0.3, 0.4) is 0 Å². The number of ketones is 1. The number of aliphatic hydroxyl groups is 1. The molecule has 1 unspecified atom stereocenters. The maximum atomic E-state index is 13.2. The van der Waals surface area contributed by atoms with Crippen molar-refractivity contribution in [2.45, 2.75) is 111 Å². The second-order valence-corrected chi connectivity index (χ2v) is 12.6. The van der Waals surface area contributed by atoms with Gasteiger partial charge in [0.05, 0.1) is 6.10 Å². The van der Waals surface area contributed by atoms with E-state index in [-0.39, 0.29) is 17.4 Å². The number of fused-ring (bicyclic) bond motifs is 5. The van der Waals surface area contributed by atoms with Gasteiger partial charge in [-0.1, -0.05) is 53.9 Å². The Morgan fingerprint density at radius 1 is 0.966 bits per heavy atom. The summed E-state index contributed by atoms with van der Waals surface area (Å²) >= 11 is 0. The molecule has 0 aromatic rings. The highest BCUT2D eigenvalue weighted by Gasteiger charge is 2.62. The van der Waals surface area contributed by atoms with E-state index in [9.17, 15) is 9.90 Å². The monoisotopic (exact) mass is 402 g/mol. The maximum Gasteiger partial charge on any atom is 0.136 e. The zero-order valence-corrected chi connectivity index (χ0v) is 19.8. The van der Waals surface area contributed by atoms with Crippen LogP contribution in [0, 0.1) is 52.3 Å². The highest BCUT2D eigenvalue weighted by atomic mass is 16.3. The van der Waals surface area contributed by atoms with Gasteiger partial charge in [-0.15, -0.1) is 0 Å². The number of aliphatic hydroxyl groups excluding tert-OH is 1. The standard InChI is InChI=1S/C27H46O2/c1-17(2)7-6-8-18(3)21-9-10-22-20-16-25(29)24-15-19(28)11-13-27(24,5)23(20)12-14-26(21,22)4/h17-24,28H,6-16H2,1-5H3/t18-,19+,20+,21-,22+,23+,24?,26-,27-/m1/s1. The van der Waals surface area contributed by atoms with Gasteiger partial charge in [-0.3, -0.25) is 4.79 Å². The summed E-state index contributed by atoms with van der Waals surface area (Å²) in [5, 5.41) is 10.2. The molecule has 4 fully saturated rings. The number of rotatable bonds is 5. The SMILES string of the molecule is CC(C)CCC[C@@H](C)[C@H]1CC[C@H]2[C@@H]3CC(=O)C4C[C@@H](O)CC[C@]4(C)[C@H]3CC[C@]12C. The molecule has 29 heavy (non-hydrogen) atoms. The molecule has 0 heterocycles. The van der Waals surface area contributed by atoms with Gasteiger partial charge < -0.3 is 5.11 Å². The summed E-state index contributed by atoms with van der Waals surface area (Å²) in [6, 6.07) is 0. The third-order valence-corrected chi connectivity index (χ3v) is 10.6. The zero-order valence-electron chi connectivity index (χ0n) is 19.8. The average Bonchev–Trinajstić information content (AvgIpc) is 3.00. The molecule has 4 aliphatic rings. The largest absolute Gasteiger partial charge is 0.393 e. The number of carbonyl (C=O) groups excluding carboxylic acids is 1. The first-order chi connectivity index (χ1) is 13.7. The highest BCUT2D eigenvalue weighted by Crippen LogP contribution is 2.67. The molecule has 0 bridgehead atoms. The van der Waals surface area contributed by atoms with Crippen molar-refractivity contribution in [3.05, 3.63) is 0 Å². The summed E-state index contributed by atoms with van der Waals surface area (Å²) < 4.78 is 0. The van der Waals surface area contributed by atoms with Crippen LogP contribution in [-0.2, 0) is 4.79 Å². The van der Waals surface area contributed by atoms with Gasteiger partial charge in [0.25, 0.3) is 0 Å². The Morgan fingerprint density at radius 2 is 1.66 bits per heavy atom. The Kier molecular flexibility index (Phi) is 5.99. The molecule has 0 aliphatic heterocycles. The Bertz CT molecular complexity index is 612. The van der Waals surface area contributed by atoms with E-state index < -0.39 is 0 Å². The van der Waals surface area contributed by atoms with E-state index in [1.165, 1.54) is 44.9 Å². The molecule has 0 aromatic carbocycles. The molecular weight excluding hydrogens is 356 g/mol. The van der Waals surface area contributed by atoms with E-state index in [0.29, 0.717) is 23.0 Å². The predicted molar refractivity (Wildman–Crippen MR) is 119 cm³/mol. The van der Waals surface area contributed by atoms with Crippen LogP contribution in [0.5, 0.6) is 0 Å². The second kappa shape index (κ2) is 7.95. The molecule has 0 aromatic heterocycles. The van der Waals surface area contributed by atoms with Crippen LogP contribution < -0.4 is 0 Å². The lowest BCUT2D eigenvalue weighted by molar-refractivity contribution is -0.160. The molecular formula is C27H46O2. The number of carbonyl (C=O) groups is 1. The van der Waals surface area contributed by atoms with E-state index in [4.69, 9.17) is 0 Å². The van der Waals surface area contributed by atoms with Gasteiger partial charge in [-0.2, -0.15) is 0 Å².